The molecule has 0 fully saturated rings. The lowest BCUT2D eigenvalue weighted by atomic mass is 9.96. The highest BCUT2D eigenvalue weighted by Gasteiger charge is 2.33. The number of hydrogen-bond donors (Lipinski definition) is 1. The molecule has 0 spiro atoms. The van der Waals surface area contributed by atoms with Crippen LogP contribution >= 0.6 is 0 Å². The molecule has 0 aliphatic rings. The zero-order chi connectivity index (χ0) is 20.4. The number of rotatable bonds is 4. The lowest BCUT2D eigenvalue weighted by Gasteiger charge is -2.15. The number of nitrogens with zero attached hydrogens (tertiary/aromatic N) is 1. The fourth-order valence-electron chi connectivity index (χ4n) is 3.49. The van der Waals surface area contributed by atoms with Gasteiger partial charge in [-0.15, -0.1) is 0 Å². The van der Waals surface area contributed by atoms with Gasteiger partial charge in [-0.25, -0.2) is 4.98 Å². The molecule has 29 heavy (non-hydrogen) atoms. The van der Waals surface area contributed by atoms with E-state index in [1.54, 1.807) is 36.4 Å². The van der Waals surface area contributed by atoms with Gasteiger partial charge in [-0.05, 0) is 41.3 Å². The van der Waals surface area contributed by atoms with E-state index in [0.29, 0.717) is 28.6 Å². The molecule has 0 unspecified atom stereocenters. The van der Waals surface area contributed by atoms with Gasteiger partial charge in [0.2, 0.25) is 0 Å². The Hall–Kier alpha value is -3.18. The summed E-state index contributed by atoms with van der Waals surface area (Å²) in [4.78, 5) is 4.48. The average molecular weight is 393 g/mol. The van der Waals surface area contributed by atoms with E-state index in [1.165, 1.54) is 6.07 Å². The Labute approximate surface area is 166 Å². The molecule has 0 bridgehead atoms. The van der Waals surface area contributed by atoms with Crippen LogP contribution in [0.4, 0.5) is 13.2 Å². The molecular formula is C24H18F3NO. The summed E-state index contributed by atoms with van der Waals surface area (Å²) in [5.41, 5.74) is 2.91. The van der Waals surface area contributed by atoms with Crippen LogP contribution in [0.15, 0.2) is 78.9 Å². The highest BCUT2D eigenvalue weighted by atomic mass is 19.4. The van der Waals surface area contributed by atoms with Crippen LogP contribution in [0.1, 0.15) is 22.3 Å². The Bertz CT molecular complexity index is 1150. The second-order valence-corrected chi connectivity index (χ2v) is 6.89. The fourth-order valence-corrected chi connectivity index (χ4v) is 3.49. The third kappa shape index (κ3) is 4.00. The van der Waals surface area contributed by atoms with Gasteiger partial charge in [0.1, 0.15) is 0 Å². The Kier molecular flexibility index (Phi) is 5.07. The summed E-state index contributed by atoms with van der Waals surface area (Å²) in [7, 11) is 0. The van der Waals surface area contributed by atoms with Crippen LogP contribution in [-0.4, -0.2) is 10.1 Å². The number of hydrogen-bond acceptors (Lipinski definition) is 2. The normalized spacial score (nSPS) is 11.7. The van der Waals surface area contributed by atoms with E-state index in [1.807, 2.05) is 30.3 Å². The van der Waals surface area contributed by atoms with Gasteiger partial charge < -0.3 is 5.11 Å². The molecule has 3 aromatic carbocycles. The number of pyridine rings is 1. The van der Waals surface area contributed by atoms with Crippen LogP contribution in [0.3, 0.4) is 0 Å². The zero-order valence-corrected chi connectivity index (χ0v) is 15.4. The minimum Gasteiger partial charge on any atom is -0.392 e. The van der Waals surface area contributed by atoms with Crippen molar-refractivity contribution in [2.75, 3.05) is 0 Å². The third-order valence-electron chi connectivity index (χ3n) is 4.85. The molecule has 0 saturated carbocycles. The molecule has 0 amide bonds. The molecule has 2 nitrogen and oxygen atoms in total. The fraction of sp³-hybridized carbons (Fsp3) is 0.125. The molecule has 0 atom stereocenters. The van der Waals surface area contributed by atoms with Gasteiger partial charge in [0, 0.05) is 10.9 Å². The summed E-state index contributed by atoms with van der Waals surface area (Å²) in [6.07, 6.45) is -3.95. The molecule has 4 aromatic rings. The maximum atomic E-state index is 13.5. The summed E-state index contributed by atoms with van der Waals surface area (Å²) in [5.74, 6) is 0. The van der Waals surface area contributed by atoms with E-state index >= 15 is 0 Å². The topological polar surface area (TPSA) is 33.1 Å². The number of alkyl halides is 3. The maximum absolute atomic E-state index is 13.5. The predicted octanol–water partition coefficient (Wildman–Crippen LogP) is 6.00. The van der Waals surface area contributed by atoms with Gasteiger partial charge in [-0.1, -0.05) is 60.7 Å². The van der Waals surface area contributed by atoms with E-state index in [9.17, 15) is 18.3 Å². The van der Waals surface area contributed by atoms with E-state index in [-0.39, 0.29) is 12.1 Å². The minimum absolute atomic E-state index is 0.0683. The van der Waals surface area contributed by atoms with Crippen LogP contribution in [0.2, 0.25) is 0 Å². The lowest BCUT2D eigenvalue weighted by molar-refractivity contribution is -0.136. The molecule has 1 N–H and O–H groups in total. The van der Waals surface area contributed by atoms with Crippen LogP contribution < -0.4 is 0 Å². The minimum atomic E-state index is -4.49. The van der Waals surface area contributed by atoms with Gasteiger partial charge in [0.15, 0.2) is 0 Å². The van der Waals surface area contributed by atoms with Crippen LogP contribution in [0.5, 0.6) is 0 Å². The van der Waals surface area contributed by atoms with Crippen molar-refractivity contribution in [1.29, 1.82) is 0 Å². The molecule has 0 radical (unpaired) electrons. The Balaban J connectivity index is 1.96. The number of aliphatic hydroxyl groups excluding tert-OH is 1. The van der Waals surface area contributed by atoms with E-state index in [0.717, 1.165) is 17.2 Å². The molecule has 0 aliphatic heterocycles. The summed E-state index contributed by atoms with van der Waals surface area (Å²) in [6, 6.07) is 22.7. The average Bonchev–Trinajstić information content (AvgIpc) is 2.73. The van der Waals surface area contributed by atoms with Crippen molar-refractivity contribution in [3.8, 4) is 11.3 Å². The molecule has 1 aromatic heterocycles. The van der Waals surface area contributed by atoms with Crippen molar-refractivity contribution in [3.63, 3.8) is 0 Å². The van der Waals surface area contributed by atoms with Gasteiger partial charge in [0.25, 0.3) is 0 Å². The number of fused-ring (bicyclic) bond motifs is 1. The van der Waals surface area contributed by atoms with Crippen molar-refractivity contribution in [2.24, 2.45) is 0 Å². The van der Waals surface area contributed by atoms with Gasteiger partial charge in [-0.3, -0.25) is 0 Å². The molecule has 0 aliphatic carbocycles. The Morgan fingerprint density at radius 1 is 0.793 bits per heavy atom. The summed E-state index contributed by atoms with van der Waals surface area (Å²) >= 11 is 0. The largest absolute Gasteiger partial charge is 0.418 e. The van der Waals surface area contributed by atoms with Crippen molar-refractivity contribution in [2.45, 2.75) is 19.2 Å². The Morgan fingerprint density at radius 3 is 2.24 bits per heavy atom. The van der Waals surface area contributed by atoms with Crippen molar-refractivity contribution >= 4 is 10.9 Å². The van der Waals surface area contributed by atoms with Crippen LogP contribution in [0, 0.1) is 0 Å². The highest BCUT2D eigenvalue weighted by molar-refractivity contribution is 5.86. The van der Waals surface area contributed by atoms with Gasteiger partial charge >= 0.3 is 6.18 Å². The number of para-hydroxylation sites is 1. The first kappa shape index (κ1) is 19.2. The quantitative estimate of drug-likeness (QED) is 0.461. The Morgan fingerprint density at radius 2 is 1.52 bits per heavy atom. The predicted molar refractivity (Wildman–Crippen MR) is 107 cm³/mol. The van der Waals surface area contributed by atoms with E-state index < -0.39 is 11.7 Å². The van der Waals surface area contributed by atoms with E-state index in [2.05, 4.69) is 4.98 Å². The van der Waals surface area contributed by atoms with Crippen molar-refractivity contribution in [3.05, 3.63) is 101 Å². The van der Waals surface area contributed by atoms with Crippen molar-refractivity contribution < 1.29 is 18.3 Å². The maximum Gasteiger partial charge on any atom is 0.418 e. The number of halogens is 3. The van der Waals surface area contributed by atoms with E-state index in [4.69, 9.17) is 0 Å². The van der Waals surface area contributed by atoms with Gasteiger partial charge in [0.05, 0.1) is 23.4 Å². The SMILES string of the molecule is OCc1cccc(-c2nc3c(C(F)(F)F)cccc3cc2Cc2ccccc2)c1. The number of benzene rings is 3. The second kappa shape index (κ2) is 7.68. The standard InChI is InChI=1S/C24H18F3NO/c25-24(26,27)21-11-5-10-19-14-20(12-16-6-2-1-3-7-16)22(28-23(19)21)18-9-4-8-17(13-18)15-29/h1-11,13-14,29H,12,15H2. The monoisotopic (exact) mass is 393 g/mol. The van der Waals surface area contributed by atoms with Crippen molar-refractivity contribution in [1.82, 2.24) is 4.98 Å². The van der Waals surface area contributed by atoms with Gasteiger partial charge in [-0.2, -0.15) is 13.2 Å². The first-order valence-corrected chi connectivity index (χ1v) is 9.19. The molecule has 5 heteroatoms. The smallest absolute Gasteiger partial charge is 0.392 e. The van der Waals surface area contributed by atoms with Crippen LogP contribution in [0.25, 0.3) is 22.2 Å². The lowest BCUT2D eigenvalue weighted by Crippen LogP contribution is -2.07. The summed E-state index contributed by atoms with van der Waals surface area (Å²) < 4.78 is 40.6. The summed E-state index contributed by atoms with van der Waals surface area (Å²) in [6.45, 7) is -0.150. The molecule has 1 heterocycles. The molecular weight excluding hydrogens is 375 g/mol. The second-order valence-electron chi connectivity index (χ2n) is 6.89. The highest BCUT2D eigenvalue weighted by Crippen LogP contribution is 2.36. The van der Waals surface area contributed by atoms with Crippen LogP contribution in [-0.2, 0) is 19.2 Å². The number of aromatic nitrogens is 1. The molecule has 146 valence electrons. The zero-order valence-electron chi connectivity index (χ0n) is 15.4. The molecule has 4 rings (SSSR count). The molecule has 0 saturated heterocycles. The number of aliphatic hydroxyl groups is 1. The first-order valence-electron chi connectivity index (χ1n) is 9.19. The first-order chi connectivity index (χ1) is 14.0. The third-order valence-corrected chi connectivity index (χ3v) is 4.85. The summed E-state index contributed by atoms with van der Waals surface area (Å²) in [5, 5.41) is 9.92.